The van der Waals surface area contributed by atoms with Gasteiger partial charge in [-0.15, -0.1) is 0 Å². The third-order valence-electron chi connectivity index (χ3n) is 4.15. The number of benzene rings is 2. The van der Waals surface area contributed by atoms with Gasteiger partial charge in [0.05, 0.1) is 19.8 Å². The fourth-order valence-electron chi connectivity index (χ4n) is 2.89. The number of nitrogens with zero attached hydrogens (tertiary/aromatic N) is 1. The highest BCUT2D eigenvalue weighted by molar-refractivity contribution is 5.68. The third kappa shape index (κ3) is 4.12. The molecule has 1 atom stereocenters. The van der Waals surface area contributed by atoms with Gasteiger partial charge in [-0.05, 0) is 28.3 Å². The molecule has 0 spiro atoms. The van der Waals surface area contributed by atoms with Gasteiger partial charge < -0.3 is 14.9 Å². The molecule has 3 rings (SSSR count). The molecule has 1 heterocycles. The van der Waals surface area contributed by atoms with Crippen molar-refractivity contribution in [2.24, 2.45) is 0 Å². The number of aliphatic hydroxyl groups is 2. The van der Waals surface area contributed by atoms with Crippen LogP contribution in [0.5, 0.6) is 0 Å². The van der Waals surface area contributed by atoms with Crippen LogP contribution in [0.1, 0.15) is 22.8 Å². The van der Waals surface area contributed by atoms with Gasteiger partial charge in [0, 0.05) is 18.0 Å². The maximum absolute atomic E-state index is 9.93. The van der Waals surface area contributed by atoms with Crippen LogP contribution in [0, 0.1) is 0 Å². The van der Waals surface area contributed by atoms with Gasteiger partial charge in [-0.1, -0.05) is 54.6 Å². The smallest absolute Gasteiger partial charge is 0.106 e. The maximum Gasteiger partial charge on any atom is 0.106 e. The molecular formula is C21H21NO3. The van der Waals surface area contributed by atoms with Crippen molar-refractivity contribution in [2.45, 2.75) is 19.3 Å². The van der Waals surface area contributed by atoms with E-state index in [0.29, 0.717) is 6.61 Å². The lowest BCUT2D eigenvalue weighted by Crippen LogP contribution is -2.12. The highest BCUT2D eigenvalue weighted by Gasteiger charge is 2.18. The van der Waals surface area contributed by atoms with Crippen molar-refractivity contribution in [3.05, 3.63) is 89.7 Å². The summed E-state index contributed by atoms with van der Waals surface area (Å²) in [6, 6.07) is 19.4. The normalized spacial score (nSPS) is 12.1. The summed E-state index contributed by atoms with van der Waals surface area (Å²) in [7, 11) is 0. The van der Waals surface area contributed by atoms with E-state index in [9.17, 15) is 10.2 Å². The molecule has 128 valence electrons. The van der Waals surface area contributed by atoms with Gasteiger partial charge in [0.25, 0.3) is 0 Å². The summed E-state index contributed by atoms with van der Waals surface area (Å²) in [6.07, 6.45) is 2.97. The summed E-state index contributed by atoms with van der Waals surface area (Å²) in [4.78, 5) is 4.14. The zero-order valence-electron chi connectivity index (χ0n) is 13.9. The number of hydrogen-bond acceptors (Lipinski definition) is 4. The van der Waals surface area contributed by atoms with E-state index in [4.69, 9.17) is 4.74 Å². The highest BCUT2D eigenvalue weighted by Crippen LogP contribution is 2.31. The first-order valence-electron chi connectivity index (χ1n) is 8.23. The number of aromatic nitrogens is 1. The maximum atomic E-state index is 9.93. The standard InChI is InChI=1S/C21H21NO3/c23-13-20-18(17-8-5-11-22-12-17)9-4-10-19(20)21(14-24)25-15-16-6-2-1-3-7-16/h1-12,21,23-24H,13-15H2/t21-/m1/s1. The average molecular weight is 335 g/mol. The summed E-state index contributed by atoms with van der Waals surface area (Å²) in [6.45, 7) is 0.107. The molecule has 0 unspecified atom stereocenters. The molecule has 2 aromatic carbocycles. The number of hydrogen-bond donors (Lipinski definition) is 2. The molecular weight excluding hydrogens is 314 g/mol. The van der Waals surface area contributed by atoms with Crippen LogP contribution in [-0.2, 0) is 18.0 Å². The van der Waals surface area contributed by atoms with E-state index in [2.05, 4.69) is 4.98 Å². The Kier molecular flexibility index (Phi) is 5.90. The molecule has 25 heavy (non-hydrogen) atoms. The van der Waals surface area contributed by atoms with Crippen molar-refractivity contribution in [3.8, 4) is 11.1 Å². The summed E-state index contributed by atoms with van der Waals surface area (Å²) >= 11 is 0. The van der Waals surface area contributed by atoms with E-state index in [1.807, 2.05) is 60.7 Å². The van der Waals surface area contributed by atoms with Crippen LogP contribution in [0.3, 0.4) is 0 Å². The summed E-state index contributed by atoms with van der Waals surface area (Å²) in [5.41, 5.74) is 4.41. The van der Waals surface area contributed by atoms with Crippen molar-refractivity contribution >= 4 is 0 Å². The Morgan fingerprint density at radius 2 is 1.76 bits per heavy atom. The Morgan fingerprint density at radius 3 is 2.44 bits per heavy atom. The molecule has 0 aliphatic rings. The van der Waals surface area contributed by atoms with Crippen molar-refractivity contribution in [1.82, 2.24) is 4.98 Å². The molecule has 4 nitrogen and oxygen atoms in total. The second-order valence-corrected chi connectivity index (χ2v) is 5.74. The van der Waals surface area contributed by atoms with Crippen LogP contribution in [0.25, 0.3) is 11.1 Å². The van der Waals surface area contributed by atoms with Gasteiger partial charge in [0.1, 0.15) is 6.10 Å². The van der Waals surface area contributed by atoms with Crippen LogP contribution in [-0.4, -0.2) is 21.8 Å². The first kappa shape index (κ1) is 17.3. The zero-order valence-corrected chi connectivity index (χ0v) is 13.9. The number of aliphatic hydroxyl groups excluding tert-OH is 2. The first-order chi connectivity index (χ1) is 12.3. The molecule has 3 aromatic rings. The monoisotopic (exact) mass is 335 g/mol. The molecule has 0 amide bonds. The second kappa shape index (κ2) is 8.53. The van der Waals surface area contributed by atoms with Gasteiger partial charge in [-0.3, -0.25) is 4.98 Å². The minimum atomic E-state index is -0.501. The number of ether oxygens (including phenoxy) is 1. The predicted molar refractivity (Wildman–Crippen MR) is 96.7 cm³/mol. The molecule has 0 fully saturated rings. The van der Waals surface area contributed by atoms with Crippen molar-refractivity contribution in [1.29, 1.82) is 0 Å². The lowest BCUT2D eigenvalue weighted by molar-refractivity contribution is 0.0000847. The molecule has 2 N–H and O–H groups in total. The molecule has 0 aliphatic carbocycles. The van der Waals surface area contributed by atoms with Crippen LogP contribution in [0.4, 0.5) is 0 Å². The third-order valence-corrected chi connectivity index (χ3v) is 4.15. The minimum absolute atomic E-state index is 0.133. The molecule has 0 bridgehead atoms. The fraction of sp³-hybridized carbons (Fsp3) is 0.190. The quantitative estimate of drug-likeness (QED) is 0.694. The Bertz CT molecular complexity index is 791. The van der Waals surface area contributed by atoms with E-state index in [1.165, 1.54) is 0 Å². The second-order valence-electron chi connectivity index (χ2n) is 5.74. The highest BCUT2D eigenvalue weighted by atomic mass is 16.5. The van der Waals surface area contributed by atoms with E-state index >= 15 is 0 Å². The van der Waals surface area contributed by atoms with E-state index in [0.717, 1.165) is 27.8 Å². The van der Waals surface area contributed by atoms with Gasteiger partial charge >= 0.3 is 0 Å². The Balaban J connectivity index is 1.89. The molecule has 0 saturated carbocycles. The minimum Gasteiger partial charge on any atom is -0.393 e. The number of pyridine rings is 1. The SMILES string of the molecule is OCc1c(-c2cccnc2)cccc1[C@@H](CO)OCc1ccccc1. The van der Waals surface area contributed by atoms with Crippen LogP contribution in [0.2, 0.25) is 0 Å². The molecule has 0 saturated heterocycles. The zero-order chi connectivity index (χ0) is 17.5. The fourth-order valence-corrected chi connectivity index (χ4v) is 2.89. The number of rotatable bonds is 7. The summed E-state index contributed by atoms with van der Waals surface area (Å²) < 4.78 is 5.92. The largest absolute Gasteiger partial charge is 0.393 e. The summed E-state index contributed by atoms with van der Waals surface area (Å²) in [5.74, 6) is 0. The van der Waals surface area contributed by atoms with Crippen molar-refractivity contribution in [2.75, 3.05) is 6.61 Å². The van der Waals surface area contributed by atoms with E-state index in [-0.39, 0.29) is 13.2 Å². The Morgan fingerprint density at radius 1 is 0.920 bits per heavy atom. The van der Waals surface area contributed by atoms with Crippen LogP contribution >= 0.6 is 0 Å². The Labute approximate surface area is 147 Å². The van der Waals surface area contributed by atoms with Crippen LogP contribution < -0.4 is 0 Å². The lowest BCUT2D eigenvalue weighted by atomic mass is 9.94. The molecule has 1 aromatic heterocycles. The lowest BCUT2D eigenvalue weighted by Gasteiger charge is -2.21. The Hall–Kier alpha value is -2.53. The first-order valence-corrected chi connectivity index (χ1v) is 8.23. The summed E-state index contributed by atoms with van der Waals surface area (Å²) in [5, 5.41) is 19.8. The van der Waals surface area contributed by atoms with Crippen molar-refractivity contribution in [3.63, 3.8) is 0 Å². The molecule has 0 aliphatic heterocycles. The van der Waals surface area contributed by atoms with Gasteiger partial charge in [0.2, 0.25) is 0 Å². The average Bonchev–Trinajstić information content (AvgIpc) is 2.69. The van der Waals surface area contributed by atoms with Gasteiger partial charge in [-0.25, -0.2) is 0 Å². The molecule has 4 heteroatoms. The molecule has 0 radical (unpaired) electrons. The van der Waals surface area contributed by atoms with E-state index in [1.54, 1.807) is 12.4 Å². The van der Waals surface area contributed by atoms with Gasteiger partial charge in [-0.2, -0.15) is 0 Å². The van der Waals surface area contributed by atoms with E-state index < -0.39 is 6.10 Å². The topological polar surface area (TPSA) is 62.6 Å². The predicted octanol–water partition coefficient (Wildman–Crippen LogP) is 3.49. The van der Waals surface area contributed by atoms with Crippen molar-refractivity contribution < 1.29 is 14.9 Å². The van der Waals surface area contributed by atoms with Gasteiger partial charge in [0.15, 0.2) is 0 Å². The van der Waals surface area contributed by atoms with Crippen LogP contribution in [0.15, 0.2) is 73.1 Å².